The van der Waals surface area contributed by atoms with Crippen molar-refractivity contribution in [2.24, 2.45) is 0 Å². The molecular formula is C12H16N2O4. The van der Waals surface area contributed by atoms with Crippen molar-refractivity contribution in [2.45, 2.75) is 56.7 Å². The van der Waals surface area contributed by atoms with Gasteiger partial charge in [0.2, 0.25) is 5.89 Å². The predicted molar refractivity (Wildman–Crippen MR) is 60.1 cm³/mol. The van der Waals surface area contributed by atoms with Crippen LogP contribution in [0, 0.1) is 0 Å². The molecule has 98 valence electrons. The standard InChI is InChI=1S/C12H16N2O4/c15-11(16)3-1-2-10-13-12(14-18-10)8-6-7-4-5-9(8)17-7/h7-9H,1-6H2,(H,15,16). The highest BCUT2D eigenvalue weighted by atomic mass is 16.5. The number of carboxylic acid groups (broad SMARTS) is 1. The molecule has 2 aliphatic rings. The first-order valence-corrected chi connectivity index (χ1v) is 6.42. The fourth-order valence-corrected chi connectivity index (χ4v) is 2.82. The number of carbonyl (C=O) groups is 1. The summed E-state index contributed by atoms with van der Waals surface area (Å²) < 4.78 is 10.9. The molecule has 6 nitrogen and oxygen atoms in total. The second kappa shape index (κ2) is 4.68. The van der Waals surface area contributed by atoms with E-state index in [0.717, 1.165) is 25.1 Å². The highest BCUT2D eigenvalue weighted by Gasteiger charge is 2.43. The normalized spacial score (nSPS) is 29.9. The lowest BCUT2D eigenvalue weighted by Crippen LogP contribution is -2.15. The summed E-state index contributed by atoms with van der Waals surface area (Å²) in [7, 11) is 0. The zero-order valence-electron chi connectivity index (χ0n) is 10.0. The molecule has 0 radical (unpaired) electrons. The molecule has 1 N–H and O–H groups in total. The molecule has 3 unspecified atom stereocenters. The van der Waals surface area contributed by atoms with Crippen LogP contribution in [0.2, 0.25) is 0 Å². The Kier molecular flexibility index (Phi) is 3.03. The first-order chi connectivity index (χ1) is 8.72. The van der Waals surface area contributed by atoms with Crippen molar-refractivity contribution in [3.8, 4) is 0 Å². The van der Waals surface area contributed by atoms with E-state index in [1.807, 2.05) is 0 Å². The summed E-state index contributed by atoms with van der Waals surface area (Å²) in [6.07, 6.45) is 5.02. The lowest BCUT2D eigenvalue weighted by atomic mass is 9.89. The molecule has 2 bridgehead atoms. The molecular weight excluding hydrogens is 236 g/mol. The molecule has 0 amide bonds. The molecule has 2 fully saturated rings. The molecule has 18 heavy (non-hydrogen) atoms. The summed E-state index contributed by atoms with van der Waals surface area (Å²) in [5, 5.41) is 12.6. The number of nitrogens with zero attached hydrogens (tertiary/aromatic N) is 2. The van der Waals surface area contributed by atoms with E-state index >= 15 is 0 Å². The Bertz CT molecular complexity index is 445. The number of carboxylic acids is 1. The minimum absolute atomic E-state index is 0.134. The average molecular weight is 252 g/mol. The summed E-state index contributed by atoms with van der Waals surface area (Å²) in [6.45, 7) is 0. The fraction of sp³-hybridized carbons (Fsp3) is 0.750. The van der Waals surface area contributed by atoms with Gasteiger partial charge in [0.25, 0.3) is 0 Å². The third-order valence-electron chi connectivity index (χ3n) is 3.70. The summed E-state index contributed by atoms with van der Waals surface area (Å²) >= 11 is 0. The monoisotopic (exact) mass is 252 g/mol. The van der Waals surface area contributed by atoms with E-state index in [2.05, 4.69) is 10.1 Å². The number of hydrogen-bond donors (Lipinski definition) is 1. The van der Waals surface area contributed by atoms with Crippen molar-refractivity contribution < 1.29 is 19.2 Å². The smallest absolute Gasteiger partial charge is 0.303 e. The molecule has 2 saturated heterocycles. The van der Waals surface area contributed by atoms with Crippen LogP contribution in [-0.2, 0) is 16.0 Å². The molecule has 2 aliphatic heterocycles. The Morgan fingerprint density at radius 1 is 1.44 bits per heavy atom. The molecule has 3 rings (SSSR count). The van der Waals surface area contributed by atoms with E-state index in [1.165, 1.54) is 0 Å². The number of rotatable bonds is 5. The van der Waals surface area contributed by atoms with Gasteiger partial charge in [-0.1, -0.05) is 5.16 Å². The summed E-state index contributed by atoms with van der Waals surface area (Å²) in [5.41, 5.74) is 0. The largest absolute Gasteiger partial charge is 0.481 e. The minimum Gasteiger partial charge on any atom is -0.481 e. The Balaban J connectivity index is 1.58. The maximum Gasteiger partial charge on any atom is 0.303 e. The van der Waals surface area contributed by atoms with Crippen LogP contribution in [0.4, 0.5) is 0 Å². The van der Waals surface area contributed by atoms with Crippen LogP contribution in [0.1, 0.15) is 49.7 Å². The van der Waals surface area contributed by atoms with Gasteiger partial charge in [0, 0.05) is 12.8 Å². The van der Waals surface area contributed by atoms with Crippen molar-refractivity contribution >= 4 is 5.97 Å². The molecule has 0 spiro atoms. The number of aryl methyl sites for hydroxylation is 1. The highest BCUT2D eigenvalue weighted by Crippen LogP contribution is 2.43. The third-order valence-corrected chi connectivity index (χ3v) is 3.70. The van der Waals surface area contributed by atoms with Gasteiger partial charge >= 0.3 is 5.97 Å². The van der Waals surface area contributed by atoms with Crippen LogP contribution in [-0.4, -0.2) is 33.4 Å². The molecule has 1 aromatic rings. The van der Waals surface area contributed by atoms with E-state index in [-0.39, 0.29) is 18.4 Å². The Morgan fingerprint density at radius 2 is 2.33 bits per heavy atom. The quantitative estimate of drug-likeness (QED) is 0.854. The number of hydrogen-bond acceptors (Lipinski definition) is 5. The van der Waals surface area contributed by atoms with E-state index in [0.29, 0.717) is 24.8 Å². The van der Waals surface area contributed by atoms with Crippen LogP contribution >= 0.6 is 0 Å². The van der Waals surface area contributed by atoms with Gasteiger partial charge < -0.3 is 14.4 Å². The number of ether oxygens (including phenoxy) is 1. The summed E-state index contributed by atoms with van der Waals surface area (Å²) in [5.74, 6) is 0.735. The lowest BCUT2D eigenvalue weighted by molar-refractivity contribution is -0.137. The van der Waals surface area contributed by atoms with Gasteiger partial charge in [0.1, 0.15) is 0 Å². The van der Waals surface area contributed by atoms with Crippen LogP contribution in [0.25, 0.3) is 0 Å². The molecule has 0 aromatic carbocycles. The third kappa shape index (κ3) is 2.25. The van der Waals surface area contributed by atoms with Crippen LogP contribution in [0.5, 0.6) is 0 Å². The van der Waals surface area contributed by atoms with Crippen molar-refractivity contribution in [1.29, 1.82) is 0 Å². The predicted octanol–water partition coefficient (Wildman–Crippen LogP) is 1.51. The number of aliphatic carboxylic acids is 1. The van der Waals surface area contributed by atoms with Crippen LogP contribution in [0.15, 0.2) is 4.52 Å². The van der Waals surface area contributed by atoms with Gasteiger partial charge in [-0.15, -0.1) is 0 Å². The SMILES string of the molecule is O=C(O)CCCc1nc(C2CC3CCC2O3)no1. The average Bonchev–Trinajstić information content (AvgIpc) is 3.03. The Hall–Kier alpha value is -1.43. The molecule has 0 saturated carbocycles. The van der Waals surface area contributed by atoms with E-state index < -0.39 is 5.97 Å². The summed E-state index contributed by atoms with van der Waals surface area (Å²) in [4.78, 5) is 14.8. The van der Waals surface area contributed by atoms with Gasteiger partial charge in [-0.05, 0) is 25.7 Å². The van der Waals surface area contributed by atoms with Crippen molar-refractivity contribution in [3.63, 3.8) is 0 Å². The zero-order valence-corrected chi connectivity index (χ0v) is 10.0. The van der Waals surface area contributed by atoms with Crippen molar-refractivity contribution in [2.75, 3.05) is 0 Å². The van der Waals surface area contributed by atoms with Gasteiger partial charge in [-0.2, -0.15) is 4.98 Å². The number of fused-ring (bicyclic) bond motifs is 2. The van der Waals surface area contributed by atoms with Crippen LogP contribution < -0.4 is 0 Å². The van der Waals surface area contributed by atoms with Crippen molar-refractivity contribution in [1.82, 2.24) is 10.1 Å². The zero-order chi connectivity index (χ0) is 12.5. The highest BCUT2D eigenvalue weighted by molar-refractivity contribution is 5.66. The molecule has 3 atom stereocenters. The van der Waals surface area contributed by atoms with Gasteiger partial charge in [0.15, 0.2) is 5.82 Å². The topological polar surface area (TPSA) is 85.5 Å². The van der Waals surface area contributed by atoms with Crippen molar-refractivity contribution in [3.05, 3.63) is 11.7 Å². The Labute approximate surface area is 104 Å². The molecule has 0 aliphatic carbocycles. The number of aromatic nitrogens is 2. The molecule has 3 heterocycles. The van der Waals surface area contributed by atoms with Gasteiger partial charge in [0.05, 0.1) is 18.1 Å². The lowest BCUT2D eigenvalue weighted by Gasteiger charge is -2.13. The first kappa shape index (κ1) is 11.6. The van der Waals surface area contributed by atoms with Crippen LogP contribution in [0.3, 0.4) is 0 Å². The van der Waals surface area contributed by atoms with E-state index in [4.69, 9.17) is 14.4 Å². The Morgan fingerprint density at radius 3 is 3.00 bits per heavy atom. The van der Waals surface area contributed by atoms with Gasteiger partial charge in [-0.25, -0.2) is 0 Å². The maximum atomic E-state index is 10.4. The van der Waals surface area contributed by atoms with E-state index in [1.54, 1.807) is 0 Å². The second-order valence-electron chi connectivity index (χ2n) is 5.01. The van der Waals surface area contributed by atoms with Gasteiger partial charge in [-0.3, -0.25) is 4.79 Å². The molecule has 1 aromatic heterocycles. The molecule has 6 heteroatoms. The minimum atomic E-state index is -0.795. The fourth-order valence-electron chi connectivity index (χ4n) is 2.82. The maximum absolute atomic E-state index is 10.4. The summed E-state index contributed by atoms with van der Waals surface area (Å²) in [6, 6.07) is 0. The second-order valence-corrected chi connectivity index (χ2v) is 5.01. The van der Waals surface area contributed by atoms with E-state index in [9.17, 15) is 4.79 Å². The first-order valence-electron chi connectivity index (χ1n) is 6.42.